The largest absolute Gasteiger partial charge is 0.493 e. The van der Waals surface area contributed by atoms with E-state index in [1.807, 2.05) is 0 Å². The Balaban J connectivity index is 1.48. The molecule has 0 spiro atoms. The second-order valence-corrected chi connectivity index (χ2v) is 6.87. The third kappa shape index (κ3) is 4.10. The summed E-state index contributed by atoms with van der Waals surface area (Å²) >= 11 is 0. The van der Waals surface area contributed by atoms with Crippen LogP contribution in [0.2, 0.25) is 0 Å². The summed E-state index contributed by atoms with van der Waals surface area (Å²) in [7, 11) is 0. The summed E-state index contributed by atoms with van der Waals surface area (Å²) in [6.45, 7) is 0.754. The summed E-state index contributed by atoms with van der Waals surface area (Å²) in [5, 5.41) is 9.52. The number of carbonyl (C=O) groups is 1. The van der Waals surface area contributed by atoms with E-state index in [1.165, 1.54) is 5.56 Å². The number of carbonyl (C=O) groups excluding carboxylic acids is 1. The zero-order valence-electron chi connectivity index (χ0n) is 13.2. The smallest absolute Gasteiger partial charge is 0.132 e. The fraction of sp³-hybridized carbons (Fsp3) is 0.632. The topological polar surface area (TPSA) is 46.5 Å². The minimum Gasteiger partial charge on any atom is -0.493 e. The van der Waals surface area contributed by atoms with Crippen molar-refractivity contribution in [1.82, 2.24) is 0 Å². The van der Waals surface area contributed by atoms with Gasteiger partial charge in [0.2, 0.25) is 0 Å². The van der Waals surface area contributed by atoms with Crippen LogP contribution in [-0.2, 0) is 4.79 Å². The van der Waals surface area contributed by atoms with Gasteiger partial charge in [-0.25, -0.2) is 0 Å². The Morgan fingerprint density at radius 3 is 2.23 bits per heavy atom. The highest BCUT2D eigenvalue weighted by Crippen LogP contribution is 2.32. The van der Waals surface area contributed by atoms with Gasteiger partial charge in [-0.2, -0.15) is 0 Å². The van der Waals surface area contributed by atoms with Crippen molar-refractivity contribution < 1.29 is 14.6 Å². The van der Waals surface area contributed by atoms with E-state index in [9.17, 15) is 9.90 Å². The molecule has 0 atom stereocenters. The molecule has 2 fully saturated rings. The van der Waals surface area contributed by atoms with Crippen LogP contribution < -0.4 is 4.74 Å². The standard InChI is InChI=1S/C19H26O3/c20-17-7-1-14(2-8-17)13-22-19-11-5-16(6-12-19)15-3-9-18(21)10-4-15/h5-6,11-12,14-15,17,20H,1-4,7-10,13H2. The predicted octanol–water partition coefficient (Wildman–Crippen LogP) is 3.84. The summed E-state index contributed by atoms with van der Waals surface area (Å²) in [5.74, 6) is 2.45. The van der Waals surface area contributed by atoms with Gasteiger partial charge in [0.1, 0.15) is 11.5 Å². The number of rotatable bonds is 4. The van der Waals surface area contributed by atoms with E-state index in [2.05, 4.69) is 24.3 Å². The number of Topliss-reactive ketones (excluding diaryl/α,β-unsaturated/α-hetero) is 1. The lowest BCUT2D eigenvalue weighted by molar-refractivity contribution is -0.120. The number of hydrogen-bond acceptors (Lipinski definition) is 3. The first-order chi connectivity index (χ1) is 10.7. The van der Waals surface area contributed by atoms with Crippen LogP contribution in [0.1, 0.15) is 62.8 Å². The first-order valence-corrected chi connectivity index (χ1v) is 8.63. The molecule has 2 saturated carbocycles. The molecule has 3 heteroatoms. The third-order valence-corrected chi connectivity index (χ3v) is 5.20. The molecule has 0 heterocycles. The minimum atomic E-state index is -0.0992. The molecular formula is C19H26O3. The predicted molar refractivity (Wildman–Crippen MR) is 86.1 cm³/mol. The van der Waals surface area contributed by atoms with Crippen molar-refractivity contribution >= 4 is 5.78 Å². The number of aliphatic hydroxyl groups is 1. The van der Waals surface area contributed by atoms with E-state index in [4.69, 9.17) is 4.74 Å². The zero-order valence-corrected chi connectivity index (χ0v) is 13.2. The van der Waals surface area contributed by atoms with Crippen molar-refractivity contribution in [2.75, 3.05) is 6.61 Å². The first-order valence-electron chi connectivity index (χ1n) is 8.63. The van der Waals surface area contributed by atoms with Gasteiger partial charge >= 0.3 is 0 Å². The highest BCUT2D eigenvalue weighted by molar-refractivity contribution is 5.79. The molecule has 1 aromatic carbocycles. The SMILES string of the molecule is O=C1CCC(c2ccc(OCC3CCC(O)CC3)cc2)CC1. The normalized spacial score (nSPS) is 26.9. The van der Waals surface area contributed by atoms with Gasteiger partial charge in [0.25, 0.3) is 0 Å². The van der Waals surface area contributed by atoms with Crippen LogP contribution >= 0.6 is 0 Å². The lowest BCUT2D eigenvalue weighted by Crippen LogP contribution is -2.22. The van der Waals surface area contributed by atoms with Gasteiger partial charge in [-0.15, -0.1) is 0 Å². The zero-order chi connectivity index (χ0) is 15.4. The van der Waals surface area contributed by atoms with Crippen LogP contribution in [0.3, 0.4) is 0 Å². The number of hydrogen-bond donors (Lipinski definition) is 1. The summed E-state index contributed by atoms with van der Waals surface area (Å²) in [6.07, 6.45) is 7.29. The fourth-order valence-electron chi connectivity index (χ4n) is 3.63. The Morgan fingerprint density at radius 2 is 1.59 bits per heavy atom. The van der Waals surface area contributed by atoms with Gasteiger partial charge in [-0.3, -0.25) is 4.79 Å². The Hall–Kier alpha value is -1.35. The molecule has 3 nitrogen and oxygen atoms in total. The maximum absolute atomic E-state index is 11.3. The maximum Gasteiger partial charge on any atom is 0.132 e. The van der Waals surface area contributed by atoms with Gasteiger partial charge in [0.15, 0.2) is 0 Å². The van der Waals surface area contributed by atoms with E-state index < -0.39 is 0 Å². The summed E-state index contributed by atoms with van der Waals surface area (Å²) in [5.41, 5.74) is 1.33. The number of ether oxygens (including phenoxy) is 1. The molecule has 120 valence electrons. The van der Waals surface area contributed by atoms with Crippen LogP contribution in [0.4, 0.5) is 0 Å². The van der Waals surface area contributed by atoms with Crippen LogP contribution in [0, 0.1) is 5.92 Å². The van der Waals surface area contributed by atoms with Crippen molar-refractivity contribution in [2.45, 2.75) is 63.4 Å². The van der Waals surface area contributed by atoms with Crippen LogP contribution in [0.5, 0.6) is 5.75 Å². The number of ketones is 1. The molecule has 1 N–H and O–H groups in total. The van der Waals surface area contributed by atoms with Crippen molar-refractivity contribution in [1.29, 1.82) is 0 Å². The Labute approximate surface area is 132 Å². The average Bonchev–Trinajstić information content (AvgIpc) is 2.56. The van der Waals surface area contributed by atoms with Gasteiger partial charge in [0.05, 0.1) is 12.7 Å². The number of benzene rings is 1. The first kappa shape index (κ1) is 15.5. The Morgan fingerprint density at radius 1 is 0.955 bits per heavy atom. The van der Waals surface area contributed by atoms with Crippen molar-refractivity contribution in [3.8, 4) is 5.75 Å². The van der Waals surface area contributed by atoms with Gasteiger partial charge in [0, 0.05) is 12.8 Å². The second kappa shape index (κ2) is 7.28. The van der Waals surface area contributed by atoms with E-state index in [0.717, 1.165) is 63.7 Å². The Kier molecular flexibility index (Phi) is 5.14. The molecule has 22 heavy (non-hydrogen) atoms. The molecule has 2 aliphatic carbocycles. The van der Waals surface area contributed by atoms with E-state index in [0.29, 0.717) is 17.6 Å². The molecule has 0 amide bonds. The van der Waals surface area contributed by atoms with Crippen LogP contribution in [0.15, 0.2) is 24.3 Å². The minimum absolute atomic E-state index is 0.0992. The van der Waals surface area contributed by atoms with Gasteiger partial charge in [-0.1, -0.05) is 12.1 Å². The molecular weight excluding hydrogens is 276 g/mol. The van der Waals surface area contributed by atoms with Gasteiger partial charge in [-0.05, 0) is 68.1 Å². The molecule has 0 radical (unpaired) electrons. The highest BCUT2D eigenvalue weighted by Gasteiger charge is 2.21. The van der Waals surface area contributed by atoms with Crippen LogP contribution in [-0.4, -0.2) is 23.6 Å². The summed E-state index contributed by atoms with van der Waals surface area (Å²) in [6, 6.07) is 8.42. The van der Waals surface area contributed by atoms with E-state index in [-0.39, 0.29) is 6.10 Å². The molecule has 0 saturated heterocycles. The van der Waals surface area contributed by atoms with E-state index >= 15 is 0 Å². The highest BCUT2D eigenvalue weighted by atomic mass is 16.5. The van der Waals surface area contributed by atoms with E-state index in [1.54, 1.807) is 0 Å². The summed E-state index contributed by atoms with van der Waals surface area (Å²) in [4.78, 5) is 11.3. The molecule has 3 rings (SSSR count). The maximum atomic E-state index is 11.3. The van der Waals surface area contributed by atoms with Crippen molar-refractivity contribution in [2.24, 2.45) is 5.92 Å². The second-order valence-electron chi connectivity index (χ2n) is 6.87. The quantitative estimate of drug-likeness (QED) is 0.919. The van der Waals surface area contributed by atoms with Crippen LogP contribution in [0.25, 0.3) is 0 Å². The Bertz CT molecular complexity index is 476. The molecule has 1 aromatic rings. The number of aliphatic hydroxyl groups excluding tert-OH is 1. The molecule has 0 bridgehead atoms. The molecule has 0 unspecified atom stereocenters. The average molecular weight is 302 g/mol. The monoisotopic (exact) mass is 302 g/mol. The van der Waals surface area contributed by atoms with Crippen molar-refractivity contribution in [3.05, 3.63) is 29.8 Å². The summed E-state index contributed by atoms with van der Waals surface area (Å²) < 4.78 is 5.90. The molecule has 0 aromatic heterocycles. The molecule has 2 aliphatic rings. The third-order valence-electron chi connectivity index (χ3n) is 5.20. The molecule has 0 aliphatic heterocycles. The van der Waals surface area contributed by atoms with Gasteiger partial charge < -0.3 is 9.84 Å². The lowest BCUT2D eigenvalue weighted by atomic mass is 9.83. The van der Waals surface area contributed by atoms with Crippen molar-refractivity contribution in [3.63, 3.8) is 0 Å². The fourth-order valence-corrected chi connectivity index (χ4v) is 3.63. The lowest BCUT2D eigenvalue weighted by Gasteiger charge is -2.25.